The van der Waals surface area contributed by atoms with Crippen molar-refractivity contribution in [2.24, 2.45) is 0 Å². The lowest BCUT2D eigenvalue weighted by Crippen LogP contribution is -2.35. The number of benzene rings is 1. The van der Waals surface area contributed by atoms with Gasteiger partial charge in [0.25, 0.3) is 5.91 Å². The van der Waals surface area contributed by atoms with Gasteiger partial charge >= 0.3 is 5.97 Å². The van der Waals surface area contributed by atoms with Gasteiger partial charge in [0.05, 0.1) is 5.69 Å². The number of carbonyl (C=O) groups excluding carboxylic acids is 1. The van der Waals surface area contributed by atoms with E-state index in [0.717, 1.165) is 17.1 Å². The number of hydrogen-bond acceptors (Lipinski definition) is 5. The molecule has 0 aliphatic carbocycles. The molecule has 0 saturated heterocycles. The Morgan fingerprint density at radius 3 is 2.40 bits per heavy atom. The Hall–Kier alpha value is -2.28. The van der Waals surface area contributed by atoms with Crippen molar-refractivity contribution in [2.45, 2.75) is 13.8 Å². The van der Waals surface area contributed by atoms with Gasteiger partial charge in [-0.2, -0.15) is 0 Å². The van der Waals surface area contributed by atoms with Crippen LogP contribution in [0.2, 0.25) is 0 Å². The van der Waals surface area contributed by atoms with Crippen LogP contribution in [0.1, 0.15) is 20.9 Å². The minimum atomic E-state index is -1.07. The van der Waals surface area contributed by atoms with Crippen LogP contribution in [-0.2, 0) is 4.79 Å². The Balaban J connectivity index is 2.37. The first kappa shape index (κ1) is 14.1. The minimum absolute atomic E-state index is 0.354. The number of hydrogen-bond donors (Lipinski definition) is 1. The third kappa shape index (κ3) is 3.00. The minimum Gasteiger partial charge on any atom is -0.480 e. The van der Waals surface area contributed by atoms with Crippen LogP contribution in [0.3, 0.4) is 0 Å². The van der Waals surface area contributed by atoms with Gasteiger partial charge in [-0.15, -0.1) is 5.10 Å². The van der Waals surface area contributed by atoms with E-state index in [9.17, 15) is 9.59 Å². The summed E-state index contributed by atoms with van der Waals surface area (Å²) in [5.41, 5.74) is 2.07. The van der Waals surface area contributed by atoms with Crippen LogP contribution in [0.5, 0.6) is 0 Å². The first-order chi connectivity index (χ1) is 9.49. The monoisotopic (exact) mass is 291 g/mol. The Morgan fingerprint density at radius 1 is 1.25 bits per heavy atom. The smallest absolute Gasteiger partial charge is 0.323 e. The predicted octanol–water partition coefficient (Wildman–Crippen LogP) is 1.89. The van der Waals surface area contributed by atoms with E-state index in [1.165, 1.54) is 4.90 Å². The van der Waals surface area contributed by atoms with Crippen molar-refractivity contribution < 1.29 is 14.7 Å². The molecule has 104 valence electrons. The maximum Gasteiger partial charge on any atom is 0.323 e. The SMILES string of the molecule is Cc1ccc(N(CC(=O)O)C(=O)c2snnc2C)cc1. The summed E-state index contributed by atoms with van der Waals surface area (Å²) in [6.45, 7) is 3.19. The van der Waals surface area contributed by atoms with Gasteiger partial charge in [-0.1, -0.05) is 22.2 Å². The van der Waals surface area contributed by atoms with E-state index in [2.05, 4.69) is 9.59 Å². The van der Waals surface area contributed by atoms with Crippen molar-refractivity contribution in [3.63, 3.8) is 0 Å². The third-order valence-corrected chi connectivity index (χ3v) is 3.55. The fraction of sp³-hybridized carbons (Fsp3) is 0.231. The van der Waals surface area contributed by atoms with Gasteiger partial charge in [0.2, 0.25) is 0 Å². The lowest BCUT2D eigenvalue weighted by molar-refractivity contribution is -0.135. The molecule has 2 aromatic rings. The standard InChI is InChI=1S/C13H13N3O3S/c1-8-3-5-10(6-4-8)16(7-11(17)18)13(19)12-9(2)14-15-20-12/h3-6H,7H2,1-2H3,(H,17,18). The average Bonchev–Trinajstić information content (AvgIpc) is 2.82. The van der Waals surface area contributed by atoms with Gasteiger partial charge in [-0.3, -0.25) is 14.5 Å². The first-order valence-corrected chi connectivity index (χ1v) is 6.65. The van der Waals surface area contributed by atoms with Crippen molar-refractivity contribution in [1.82, 2.24) is 9.59 Å². The van der Waals surface area contributed by atoms with E-state index in [1.807, 2.05) is 19.1 Å². The normalized spacial score (nSPS) is 10.3. The Bertz CT molecular complexity index is 637. The molecule has 1 aromatic carbocycles. The van der Waals surface area contributed by atoms with Crippen molar-refractivity contribution in [3.8, 4) is 0 Å². The van der Waals surface area contributed by atoms with Crippen molar-refractivity contribution in [3.05, 3.63) is 40.4 Å². The molecule has 1 aromatic heterocycles. The van der Waals surface area contributed by atoms with E-state index in [1.54, 1.807) is 19.1 Å². The number of aromatic nitrogens is 2. The number of aryl methyl sites for hydroxylation is 2. The molecule has 0 bridgehead atoms. The molecule has 20 heavy (non-hydrogen) atoms. The van der Waals surface area contributed by atoms with Gasteiger partial charge in [-0.05, 0) is 37.5 Å². The van der Waals surface area contributed by atoms with Gasteiger partial charge < -0.3 is 5.11 Å². The van der Waals surface area contributed by atoms with Gasteiger partial charge in [0.15, 0.2) is 0 Å². The van der Waals surface area contributed by atoms with Gasteiger partial charge in [-0.25, -0.2) is 0 Å². The van der Waals surface area contributed by atoms with Crippen LogP contribution in [0.25, 0.3) is 0 Å². The number of carboxylic acids is 1. The Kier molecular flexibility index (Phi) is 4.09. The number of anilines is 1. The second-order valence-corrected chi connectivity index (χ2v) is 5.06. The molecule has 0 spiro atoms. The zero-order chi connectivity index (χ0) is 14.7. The quantitative estimate of drug-likeness (QED) is 0.930. The highest BCUT2D eigenvalue weighted by Gasteiger charge is 2.24. The average molecular weight is 291 g/mol. The topological polar surface area (TPSA) is 83.4 Å². The highest BCUT2D eigenvalue weighted by Crippen LogP contribution is 2.20. The molecule has 1 N–H and O–H groups in total. The second-order valence-electron chi connectivity index (χ2n) is 4.31. The molecule has 0 unspecified atom stereocenters. The summed E-state index contributed by atoms with van der Waals surface area (Å²) in [5, 5.41) is 12.8. The van der Waals surface area contributed by atoms with E-state index < -0.39 is 18.4 Å². The molecule has 1 amide bonds. The zero-order valence-corrected chi connectivity index (χ0v) is 11.8. The Morgan fingerprint density at radius 2 is 1.90 bits per heavy atom. The third-order valence-electron chi connectivity index (χ3n) is 2.73. The molecule has 0 radical (unpaired) electrons. The maximum atomic E-state index is 12.4. The number of carboxylic acid groups (broad SMARTS) is 1. The van der Waals surface area contributed by atoms with E-state index in [-0.39, 0.29) is 0 Å². The first-order valence-electron chi connectivity index (χ1n) is 5.88. The number of amides is 1. The molecular formula is C13H13N3O3S. The number of aliphatic carboxylic acids is 1. The molecule has 0 aliphatic rings. The fourth-order valence-corrected chi connectivity index (χ4v) is 2.30. The summed E-state index contributed by atoms with van der Waals surface area (Å²) in [4.78, 5) is 25.0. The molecular weight excluding hydrogens is 278 g/mol. The molecule has 0 atom stereocenters. The molecule has 6 nitrogen and oxygen atoms in total. The zero-order valence-electron chi connectivity index (χ0n) is 11.0. The van der Waals surface area contributed by atoms with Crippen molar-refractivity contribution in [2.75, 3.05) is 11.4 Å². The summed E-state index contributed by atoms with van der Waals surface area (Å²) in [6, 6.07) is 7.10. The van der Waals surface area contributed by atoms with Crippen LogP contribution < -0.4 is 4.90 Å². The molecule has 2 rings (SSSR count). The summed E-state index contributed by atoms with van der Waals surface area (Å²) in [6.07, 6.45) is 0. The van der Waals surface area contributed by atoms with E-state index >= 15 is 0 Å². The summed E-state index contributed by atoms with van der Waals surface area (Å²) in [7, 11) is 0. The molecule has 0 fully saturated rings. The molecule has 0 aliphatic heterocycles. The summed E-state index contributed by atoms with van der Waals surface area (Å²) < 4.78 is 3.71. The van der Waals surface area contributed by atoms with Crippen LogP contribution in [-0.4, -0.2) is 33.1 Å². The highest BCUT2D eigenvalue weighted by molar-refractivity contribution is 7.08. The van der Waals surface area contributed by atoms with Crippen molar-refractivity contribution in [1.29, 1.82) is 0 Å². The predicted molar refractivity (Wildman–Crippen MR) is 75.1 cm³/mol. The van der Waals surface area contributed by atoms with E-state index in [0.29, 0.717) is 16.3 Å². The van der Waals surface area contributed by atoms with Gasteiger partial charge in [0.1, 0.15) is 11.4 Å². The second kappa shape index (κ2) is 5.79. The Labute approximate surface area is 119 Å². The lowest BCUT2D eigenvalue weighted by Gasteiger charge is -2.20. The number of carbonyl (C=O) groups is 2. The number of rotatable bonds is 4. The van der Waals surface area contributed by atoms with Gasteiger partial charge in [0, 0.05) is 5.69 Å². The van der Waals surface area contributed by atoms with Crippen LogP contribution in [0.15, 0.2) is 24.3 Å². The molecule has 1 heterocycles. The van der Waals surface area contributed by atoms with E-state index in [4.69, 9.17) is 5.11 Å². The lowest BCUT2D eigenvalue weighted by atomic mass is 10.2. The summed E-state index contributed by atoms with van der Waals surface area (Å²) >= 11 is 0.966. The summed E-state index contributed by atoms with van der Waals surface area (Å²) in [5.74, 6) is -1.47. The maximum absolute atomic E-state index is 12.4. The van der Waals surface area contributed by atoms with Crippen LogP contribution in [0, 0.1) is 13.8 Å². The molecule has 7 heteroatoms. The highest BCUT2D eigenvalue weighted by atomic mass is 32.1. The van der Waals surface area contributed by atoms with Crippen LogP contribution in [0.4, 0.5) is 5.69 Å². The fourth-order valence-electron chi connectivity index (χ4n) is 1.69. The molecule has 0 saturated carbocycles. The largest absolute Gasteiger partial charge is 0.480 e. The number of nitrogens with zero attached hydrogens (tertiary/aromatic N) is 3. The van der Waals surface area contributed by atoms with Crippen molar-refractivity contribution >= 4 is 29.1 Å². The van der Waals surface area contributed by atoms with Crippen LogP contribution >= 0.6 is 11.5 Å².